The molecule has 0 unspecified atom stereocenters. The van der Waals surface area contributed by atoms with Crippen LogP contribution in [-0.2, 0) is 4.79 Å². The van der Waals surface area contributed by atoms with Crippen molar-refractivity contribution in [3.63, 3.8) is 0 Å². The van der Waals surface area contributed by atoms with Crippen molar-refractivity contribution in [3.8, 4) is 0 Å². The van der Waals surface area contributed by atoms with Crippen LogP contribution in [0.5, 0.6) is 0 Å². The Morgan fingerprint density at radius 3 is 2.88 bits per heavy atom. The molecule has 0 spiro atoms. The zero-order valence-electron chi connectivity index (χ0n) is 14.3. The first-order valence-corrected chi connectivity index (χ1v) is 8.49. The van der Waals surface area contributed by atoms with Crippen LogP contribution in [0, 0.1) is 12.9 Å². The minimum Gasteiger partial charge on any atom is -0.273 e. The molecule has 1 amide bonds. The number of aromatic nitrogens is 1. The highest BCUT2D eigenvalue weighted by molar-refractivity contribution is 5.89. The van der Waals surface area contributed by atoms with E-state index in [-0.39, 0.29) is 11.5 Å². The summed E-state index contributed by atoms with van der Waals surface area (Å²) < 4.78 is 14.0. The van der Waals surface area contributed by atoms with Gasteiger partial charge >= 0.3 is 0 Å². The van der Waals surface area contributed by atoms with Gasteiger partial charge in [-0.15, -0.1) is 0 Å². The van der Waals surface area contributed by atoms with E-state index in [2.05, 4.69) is 22.4 Å². The first-order chi connectivity index (χ1) is 11.6. The van der Waals surface area contributed by atoms with Gasteiger partial charge in [-0.05, 0) is 25.0 Å². The Morgan fingerprint density at radius 1 is 1.29 bits per heavy atom. The number of benzene rings is 1. The number of amides is 1. The van der Waals surface area contributed by atoms with Crippen LogP contribution in [0.1, 0.15) is 56.6 Å². The van der Waals surface area contributed by atoms with Crippen LogP contribution in [0.4, 0.5) is 4.39 Å². The minimum atomic E-state index is -0.589. The average molecular weight is 329 g/mol. The number of fused-ring (bicyclic) bond motifs is 1. The van der Waals surface area contributed by atoms with Crippen molar-refractivity contribution in [1.29, 1.82) is 0 Å². The number of nitrogens with zero attached hydrogens (tertiary/aromatic N) is 2. The van der Waals surface area contributed by atoms with E-state index in [0.717, 1.165) is 30.2 Å². The zero-order chi connectivity index (χ0) is 17.4. The van der Waals surface area contributed by atoms with Gasteiger partial charge in [-0.3, -0.25) is 4.79 Å². The summed E-state index contributed by atoms with van der Waals surface area (Å²) in [6.45, 7) is 4.05. The summed E-state index contributed by atoms with van der Waals surface area (Å²) in [5.41, 5.74) is 4.27. The molecule has 0 aliphatic carbocycles. The summed E-state index contributed by atoms with van der Waals surface area (Å²) in [5, 5.41) is 4.69. The molecule has 0 atom stereocenters. The smallest absolute Gasteiger partial charge is 0.240 e. The molecule has 128 valence electrons. The number of hydrogen-bond donors (Lipinski definition) is 1. The Bertz CT molecular complexity index is 728. The Balaban J connectivity index is 1.91. The lowest BCUT2D eigenvalue weighted by Gasteiger charge is -2.04. The van der Waals surface area contributed by atoms with Gasteiger partial charge in [-0.25, -0.2) is 10.4 Å². The van der Waals surface area contributed by atoms with Gasteiger partial charge in [-0.2, -0.15) is 9.49 Å². The number of hydrazone groups is 1. The van der Waals surface area contributed by atoms with E-state index in [4.69, 9.17) is 0 Å². The predicted molar refractivity (Wildman–Crippen MR) is 95.6 cm³/mol. The number of carbonyl (C=O) groups excluding carboxylic acids is 1. The molecule has 0 saturated carbocycles. The van der Waals surface area contributed by atoms with E-state index in [1.807, 2.05) is 25.1 Å². The highest BCUT2D eigenvalue weighted by atomic mass is 19.1. The van der Waals surface area contributed by atoms with Crippen LogP contribution >= 0.6 is 0 Å². The Morgan fingerprint density at radius 2 is 2.08 bits per heavy atom. The third kappa shape index (κ3) is 5.11. The maximum Gasteiger partial charge on any atom is 0.240 e. The summed E-state index contributed by atoms with van der Waals surface area (Å²) in [6, 6.07) is 7.35. The Labute approximate surface area is 142 Å². The Kier molecular flexibility index (Phi) is 6.85. The second-order valence-electron chi connectivity index (χ2n) is 5.97. The van der Waals surface area contributed by atoms with Crippen molar-refractivity contribution >= 4 is 23.0 Å². The molecule has 1 heterocycles. The number of aryl methyl sites for hydroxylation is 1. The van der Waals surface area contributed by atoms with Gasteiger partial charge in [0.15, 0.2) is 0 Å². The second kappa shape index (κ2) is 9.11. The van der Waals surface area contributed by atoms with Crippen molar-refractivity contribution in [2.24, 2.45) is 5.10 Å². The molecule has 2 aromatic rings. The van der Waals surface area contributed by atoms with Gasteiger partial charge < -0.3 is 0 Å². The molecule has 5 heteroatoms. The second-order valence-corrected chi connectivity index (χ2v) is 5.97. The van der Waals surface area contributed by atoms with E-state index < -0.39 is 5.95 Å². The summed E-state index contributed by atoms with van der Waals surface area (Å²) in [4.78, 5) is 15.7. The molecule has 0 radical (unpaired) electrons. The molecule has 2 rings (SSSR count). The molecule has 0 saturated heterocycles. The summed E-state index contributed by atoms with van der Waals surface area (Å²) in [7, 11) is 0. The summed E-state index contributed by atoms with van der Waals surface area (Å²) in [6.07, 6.45) is 7.19. The number of halogens is 1. The third-order valence-corrected chi connectivity index (χ3v) is 3.93. The van der Waals surface area contributed by atoms with Crippen LogP contribution in [0.15, 0.2) is 29.4 Å². The van der Waals surface area contributed by atoms with E-state index in [9.17, 15) is 9.18 Å². The zero-order valence-corrected chi connectivity index (χ0v) is 14.3. The van der Waals surface area contributed by atoms with Crippen LogP contribution in [0.25, 0.3) is 10.9 Å². The highest BCUT2D eigenvalue weighted by Gasteiger charge is 2.06. The SMILES string of the molecule is CCCCCCCC(=O)NN=Cc1cc2cccc(C)c2nc1F. The minimum absolute atomic E-state index is 0.146. The van der Waals surface area contributed by atoms with Gasteiger partial charge in [0.1, 0.15) is 0 Å². The molecule has 1 aromatic carbocycles. The van der Waals surface area contributed by atoms with Gasteiger partial charge in [0.2, 0.25) is 11.9 Å². The van der Waals surface area contributed by atoms with Crippen LogP contribution in [-0.4, -0.2) is 17.1 Å². The van der Waals surface area contributed by atoms with Crippen molar-refractivity contribution < 1.29 is 9.18 Å². The monoisotopic (exact) mass is 329 g/mol. The molecule has 0 aliphatic rings. The highest BCUT2D eigenvalue weighted by Crippen LogP contribution is 2.18. The fraction of sp³-hybridized carbons (Fsp3) is 0.421. The van der Waals surface area contributed by atoms with E-state index >= 15 is 0 Å². The fourth-order valence-corrected chi connectivity index (χ4v) is 2.55. The van der Waals surface area contributed by atoms with Gasteiger partial charge in [0.25, 0.3) is 0 Å². The number of carbonyl (C=O) groups is 1. The molecule has 24 heavy (non-hydrogen) atoms. The third-order valence-electron chi connectivity index (χ3n) is 3.93. The molecule has 0 aliphatic heterocycles. The van der Waals surface area contributed by atoms with Gasteiger partial charge in [-0.1, -0.05) is 50.8 Å². The van der Waals surface area contributed by atoms with Gasteiger partial charge in [0.05, 0.1) is 17.3 Å². The van der Waals surface area contributed by atoms with Crippen molar-refractivity contribution in [3.05, 3.63) is 41.3 Å². The lowest BCUT2D eigenvalue weighted by atomic mass is 10.1. The molecule has 1 aromatic heterocycles. The van der Waals surface area contributed by atoms with Crippen molar-refractivity contribution in [2.75, 3.05) is 0 Å². The summed E-state index contributed by atoms with van der Waals surface area (Å²) in [5.74, 6) is -0.734. The molecule has 0 fully saturated rings. The first-order valence-electron chi connectivity index (χ1n) is 8.49. The van der Waals surface area contributed by atoms with Gasteiger partial charge in [0, 0.05) is 11.8 Å². The van der Waals surface area contributed by atoms with E-state index in [0.29, 0.717) is 11.9 Å². The number of pyridine rings is 1. The molecular formula is C19H24FN3O. The molecule has 4 nitrogen and oxygen atoms in total. The quantitative estimate of drug-likeness (QED) is 0.336. The predicted octanol–water partition coefficient (Wildman–Crippen LogP) is 4.49. The normalized spacial score (nSPS) is 11.3. The number of hydrogen-bond acceptors (Lipinski definition) is 3. The lowest BCUT2D eigenvalue weighted by molar-refractivity contribution is -0.121. The first kappa shape index (κ1) is 18.0. The average Bonchev–Trinajstić information content (AvgIpc) is 2.56. The maximum absolute atomic E-state index is 14.0. The number of unbranched alkanes of at least 4 members (excludes halogenated alkanes) is 4. The fourth-order valence-electron chi connectivity index (χ4n) is 2.55. The number of para-hydroxylation sites is 1. The molecular weight excluding hydrogens is 305 g/mol. The lowest BCUT2D eigenvalue weighted by Crippen LogP contribution is -2.17. The van der Waals surface area contributed by atoms with Crippen LogP contribution in [0.3, 0.4) is 0 Å². The largest absolute Gasteiger partial charge is 0.273 e. The number of rotatable bonds is 8. The van der Waals surface area contributed by atoms with E-state index in [1.165, 1.54) is 19.1 Å². The van der Waals surface area contributed by atoms with Crippen molar-refractivity contribution in [1.82, 2.24) is 10.4 Å². The molecule has 1 N–H and O–H groups in total. The Hall–Kier alpha value is -2.30. The van der Waals surface area contributed by atoms with Crippen molar-refractivity contribution in [2.45, 2.75) is 52.4 Å². The standard InChI is InChI=1S/C19H24FN3O/c1-3-4-5-6-7-11-17(24)23-21-13-16-12-15-10-8-9-14(2)18(15)22-19(16)20/h8-10,12-13H,3-7,11H2,1-2H3,(H,23,24). The summed E-state index contributed by atoms with van der Waals surface area (Å²) >= 11 is 0. The number of nitrogens with one attached hydrogen (secondary N) is 1. The maximum atomic E-state index is 14.0. The molecule has 0 bridgehead atoms. The topological polar surface area (TPSA) is 54.4 Å². The van der Waals surface area contributed by atoms with Crippen LogP contribution in [0.2, 0.25) is 0 Å². The van der Waals surface area contributed by atoms with E-state index in [1.54, 1.807) is 6.07 Å². The van der Waals surface area contributed by atoms with Crippen LogP contribution < -0.4 is 5.43 Å².